The van der Waals surface area contributed by atoms with Gasteiger partial charge in [-0.1, -0.05) is 49.5 Å². The zero-order valence-electron chi connectivity index (χ0n) is 14.1. The predicted octanol–water partition coefficient (Wildman–Crippen LogP) is 3.42. The third-order valence-corrected chi connectivity index (χ3v) is 4.53. The van der Waals surface area contributed by atoms with Crippen LogP contribution in [-0.2, 0) is 9.59 Å². The SMILES string of the molecule is CCC1C(=O)C(=CC=Cc2ccccc2OC)C(=O)N(CC)C1=S. The van der Waals surface area contributed by atoms with Gasteiger partial charge in [-0.3, -0.25) is 9.59 Å². The Bertz CT molecular complexity index is 693. The van der Waals surface area contributed by atoms with Crippen molar-refractivity contribution in [3.8, 4) is 5.75 Å². The standard InChI is InChI=1S/C19H21NO3S/c1-4-14-17(21)15(18(22)20(5-2)19(14)24)11-8-10-13-9-6-7-12-16(13)23-3/h6-12,14H,4-5H2,1-3H3. The van der Waals surface area contributed by atoms with Crippen molar-refractivity contribution in [1.82, 2.24) is 4.90 Å². The number of nitrogens with zero attached hydrogens (tertiary/aromatic N) is 1. The quantitative estimate of drug-likeness (QED) is 0.467. The monoisotopic (exact) mass is 343 g/mol. The minimum absolute atomic E-state index is 0.184. The molecule has 1 aromatic rings. The summed E-state index contributed by atoms with van der Waals surface area (Å²) in [5, 5.41) is 0. The van der Waals surface area contributed by atoms with E-state index in [1.54, 1.807) is 19.3 Å². The molecule has 126 valence electrons. The lowest BCUT2D eigenvalue weighted by Crippen LogP contribution is -2.49. The van der Waals surface area contributed by atoms with Gasteiger partial charge in [-0.25, -0.2) is 0 Å². The van der Waals surface area contributed by atoms with Crippen LogP contribution in [-0.4, -0.2) is 35.2 Å². The number of hydrogen-bond donors (Lipinski definition) is 0. The molecule has 1 heterocycles. The summed E-state index contributed by atoms with van der Waals surface area (Å²) in [7, 11) is 1.60. The second-order valence-electron chi connectivity index (χ2n) is 5.39. The summed E-state index contributed by atoms with van der Waals surface area (Å²) in [6.07, 6.45) is 5.69. The van der Waals surface area contributed by atoms with Gasteiger partial charge < -0.3 is 9.64 Å². The number of ether oxygens (including phenoxy) is 1. The molecule has 0 aromatic heterocycles. The number of amides is 1. The van der Waals surface area contributed by atoms with Crippen LogP contribution in [0.4, 0.5) is 0 Å². The van der Waals surface area contributed by atoms with Gasteiger partial charge in [-0.05, 0) is 25.5 Å². The number of likely N-dealkylation sites (tertiary alicyclic amines) is 1. The average Bonchev–Trinajstić information content (AvgIpc) is 2.59. The van der Waals surface area contributed by atoms with Gasteiger partial charge in [0.25, 0.3) is 5.91 Å². The molecule has 1 saturated heterocycles. The Morgan fingerprint density at radius 1 is 1.25 bits per heavy atom. The van der Waals surface area contributed by atoms with E-state index in [4.69, 9.17) is 17.0 Å². The fourth-order valence-corrected chi connectivity index (χ4v) is 3.19. The van der Waals surface area contributed by atoms with E-state index in [0.717, 1.165) is 11.3 Å². The van der Waals surface area contributed by atoms with Gasteiger partial charge >= 0.3 is 0 Å². The molecule has 0 radical (unpaired) electrons. The minimum Gasteiger partial charge on any atom is -0.496 e. The Morgan fingerprint density at radius 3 is 2.58 bits per heavy atom. The largest absolute Gasteiger partial charge is 0.496 e. The lowest BCUT2D eigenvalue weighted by atomic mass is 9.89. The van der Waals surface area contributed by atoms with Crippen molar-refractivity contribution in [3.63, 3.8) is 0 Å². The summed E-state index contributed by atoms with van der Waals surface area (Å²) in [6.45, 7) is 4.23. The van der Waals surface area contributed by atoms with Gasteiger partial charge in [-0.2, -0.15) is 0 Å². The summed E-state index contributed by atoms with van der Waals surface area (Å²) < 4.78 is 5.28. The maximum atomic E-state index is 12.5. The smallest absolute Gasteiger partial charge is 0.262 e. The van der Waals surface area contributed by atoms with Crippen molar-refractivity contribution in [1.29, 1.82) is 0 Å². The van der Waals surface area contributed by atoms with Crippen LogP contribution in [0.2, 0.25) is 0 Å². The Balaban J connectivity index is 2.33. The summed E-state index contributed by atoms with van der Waals surface area (Å²) in [5.74, 6) is -0.177. The first-order valence-corrected chi connectivity index (χ1v) is 8.37. The zero-order chi connectivity index (χ0) is 17.7. The van der Waals surface area contributed by atoms with Crippen molar-refractivity contribution >= 4 is 35.0 Å². The maximum Gasteiger partial charge on any atom is 0.262 e. The molecule has 0 N–H and O–H groups in total. The van der Waals surface area contributed by atoms with Crippen LogP contribution in [0.5, 0.6) is 5.75 Å². The van der Waals surface area contributed by atoms with E-state index in [2.05, 4.69) is 0 Å². The summed E-state index contributed by atoms with van der Waals surface area (Å²) in [6, 6.07) is 7.54. The van der Waals surface area contributed by atoms with E-state index in [1.807, 2.05) is 44.2 Å². The molecule has 24 heavy (non-hydrogen) atoms. The third-order valence-electron chi connectivity index (χ3n) is 4.02. The lowest BCUT2D eigenvalue weighted by molar-refractivity contribution is -0.129. The molecule has 0 spiro atoms. The number of thiocarbonyl (C=S) groups is 1. The molecule has 0 bridgehead atoms. The molecule has 4 nitrogen and oxygen atoms in total. The first-order chi connectivity index (χ1) is 11.5. The molecular formula is C19H21NO3S. The van der Waals surface area contributed by atoms with E-state index in [9.17, 15) is 9.59 Å². The van der Waals surface area contributed by atoms with E-state index in [-0.39, 0.29) is 17.3 Å². The molecule has 0 saturated carbocycles. The van der Waals surface area contributed by atoms with Crippen molar-refractivity contribution in [3.05, 3.63) is 47.6 Å². The van der Waals surface area contributed by atoms with Gasteiger partial charge in [0.2, 0.25) is 0 Å². The Morgan fingerprint density at radius 2 is 1.96 bits per heavy atom. The molecule has 1 fully saturated rings. The number of hydrogen-bond acceptors (Lipinski definition) is 4. The highest BCUT2D eigenvalue weighted by molar-refractivity contribution is 7.80. The number of piperidine rings is 1. The molecule has 1 aromatic carbocycles. The van der Waals surface area contributed by atoms with Crippen molar-refractivity contribution < 1.29 is 14.3 Å². The Labute approximate surface area is 147 Å². The molecule has 1 aliphatic rings. The van der Waals surface area contributed by atoms with Crippen LogP contribution in [0.15, 0.2) is 42.0 Å². The van der Waals surface area contributed by atoms with Crippen LogP contribution < -0.4 is 4.74 Å². The molecule has 2 rings (SSSR count). The van der Waals surface area contributed by atoms with Crippen LogP contribution in [0.3, 0.4) is 0 Å². The molecular weight excluding hydrogens is 322 g/mol. The van der Waals surface area contributed by atoms with Crippen LogP contribution in [0, 0.1) is 5.92 Å². The number of rotatable bonds is 5. The van der Waals surface area contributed by atoms with Crippen LogP contribution in [0.25, 0.3) is 6.08 Å². The molecule has 1 aliphatic heterocycles. The highest BCUT2D eigenvalue weighted by Gasteiger charge is 2.39. The molecule has 5 heteroatoms. The number of benzene rings is 1. The number of methoxy groups -OCH3 is 1. The lowest BCUT2D eigenvalue weighted by Gasteiger charge is -2.32. The number of allylic oxidation sites excluding steroid dienone is 2. The number of Topliss-reactive ketones (excluding diaryl/α,β-unsaturated/α-hetero) is 1. The van der Waals surface area contributed by atoms with Gasteiger partial charge in [0.05, 0.1) is 23.6 Å². The van der Waals surface area contributed by atoms with Gasteiger partial charge in [0.15, 0.2) is 5.78 Å². The van der Waals surface area contributed by atoms with Crippen molar-refractivity contribution in [2.45, 2.75) is 20.3 Å². The van der Waals surface area contributed by atoms with Crippen molar-refractivity contribution in [2.24, 2.45) is 5.92 Å². The minimum atomic E-state index is -0.399. The summed E-state index contributed by atoms with van der Waals surface area (Å²) >= 11 is 5.30. The summed E-state index contributed by atoms with van der Waals surface area (Å²) in [4.78, 5) is 27.0. The molecule has 0 aliphatic carbocycles. The van der Waals surface area contributed by atoms with E-state index in [0.29, 0.717) is 18.0 Å². The van der Waals surface area contributed by atoms with Crippen molar-refractivity contribution in [2.75, 3.05) is 13.7 Å². The van der Waals surface area contributed by atoms with Gasteiger partial charge in [0, 0.05) is 12.1 Å². The van der Waals surface area contributed by atoms with Gasteiger partial charge in [-0.15, -0.1) is 0 Å². The number of carbonyl (C=O) groups excluding carboxylic acids is 2. The highest BCUT2D eigenvalue weighted by Crippen LogP contribution is 2.25. The normalized spacial score (nSPS) is 20.3. The fourth-order valence-electron chi connectivity index (χ4n) is 2.70. The second-order valence-corrected chi connectivity index (χ2v) is 5.81. The van der Waals surface area contributed by atoms with E-state index < -0.39 is 5.92 Å². The highest BCUT2D eigenvalue weighted by atomic mass is 32.1. The average molecular weight is 343 g/mol. The van der Waals surface area contributed by atoms with Crippen LogP contribution in [0.1, 0.15) is 25.8 Å². The number of likely N-dealkylation sites (N-methyl/N-ethyl adjacent to an activating group) is 1. The molecule has 1 amide bonds. The molecule has 1 atom stereocenters. The van der Waals surface area contributed by atoms with E-state index >= 15 is 0 Å². The first-order valence-electron chi connectivity index (χ1n) is 7.96. The number of ketones is 1. The number of carbonyl (C=O) groups is 2. The zero-order valence-corrected chi connectivity index (χ0v) is 14.9. The van der Waals surface area contributed by atoms with Gasteiger partial charge in [0.1, 0.15) is 5.75 Å². The number of para-hydroxylation sites is 1. The van der Waals surface area contributed by atoms with Crippen LogP contribution >= 0.6 is 12.2 Å². The molecule has 1 unspecified atom stereocenters. The summed E-state index contributed by atoms with van der Waals surface area (Å²) in [5.41, 5.74) is 1.06. The Kier molecular flexibility index (Phi) is 6.04. The first kappa shape index (κ1) is 18.1. The fraction of sp³-hybridized carbons (Fsp3) is 0.316. The third kappa shape index (κ3) is 3.46. The predicted molar refractivity (Wildman–Crippen MR) is 98.9 cm³/mol. The Hall–Kier alpha value is -2.27. The maximum absolute atomic E-state index is 12.5. The second kappa shape index (κ2) is 8.02. The van der Waals surface area contributed by atoms with E-state index in [1.165, 1.54) is 4.90 Å². The topological polar surface area (TPSA) is 46.6 Å².